The Morgan fingerprint density at radius 3 is 2.32 bits per heavy atom. The van der Waals surface area contributed by atoms with Crippen molar-refractivity contribution >= 4 is 11.7 Å². The van der Waals surface area contributed by atoms with Gasteiger partial charge in [-0.15, -0.1) is 0 Å². The molecule has 4 nitrogen and oxygen atoms in total. The van der Waals surface area contributed by atoms with Crippen molar-refractivity contribution in [3.63, 3.8) is 0 Å². The van der Waals surface area contributed by atoms with Crippen molar-refractivity contribution in [3.05, 3.63) is 29.8 Å². The number of carbonyl (C=O) groups excluding carboxylic acids is 1. The van der Waals surface area contributed by atoms with Crippen LogP contribution in [0.2, 0.25) is 0 Å². The van der Waals surface area contributed by atoms with Gasteiger partial charge in [0.25, 0.3) is 0 Å². The van der Waals surface area contributed by atoms with E-state index in [0.29, 0.717) is 5.56 Å². The molecule has 1 aliphatic heterocycles. The molecule has 1 fully saturated rings. The van der Waals surface area contributed by atoms with Gasteiger partial charge < -0.3 is 9.64 Å². The predicted molar refractivity (Wildman–Crippen MR) is 76.7 cm³/mol. The molecule has 1 saturated heterocycles. The molecule has 2 rings (SSSR count). The van der Waals surface area contributed by atoms with Gasteiger partial charge in [-0.05, 0) is 37.2 Å². The van der Waals surface area contributed by atoms with E-state index in [1.54, 1.807) is 0 Å². The molecule has 0 radical (unpaired) electrons. The number of methoxy groups -OCH3 is 1. The van der Waals surface area contributed by atoms with Crippen molar-refractivity contribution in [3.8, 4) is 0 Å². The van der Waals surface area contributed by atoms with Crippen LogP contribution in [0.3, 0.4) is 0 Å². The molecule has 1 aromatic rings. The van der Waals surface area contributed by atoms with E-state index in [2.05, 4.69) is 16.7 Å². The van der Waals surface area contributed by atoms with Crippen molar-refractivity contribution in [2.45, 2.75) is 13.3 Å². The van der Waals surface area contributed by atoms with Gasteiger partial charge in [0, 0.05) is 31.9 Å². The van der Waals surface area contributed by atoms with E-state index in [4.69, 9.17) is 4.74 Å². The highest BCUT2D eigenvalue weighted by molar-refractivity contribution is 5.89. The maximum absolute atomic E-state index is 11.4. The molecule has 1 heterocycles. The Hall–Kier alpha value is -1.55. The fourth-order valence-corrected chi connectivity index (χ4v) is 2.47. The minimum Gasteiger partial charge on any atom is -0.465 e. The summed E-state index contributed by atoms with van der Waals surface area (Å²) in [6.07, 6.45) is 1.22. The van der Waals surface area contributed by atoms with E-state index in [9.17, 15) is 4.79 Å². The molecule has 0 N–H and O–H groups in total. The van der Waals surface area contributed by atoms with Crippen LogP contribution >= 0.6 is 0 Å². The fraction of sp³-hybridized carbons (Fsp3) is 0.533. The van der Waals surface area contributed by atoms with Crippen LogP contribution in [-0.2, 0) is 4.74 Å². The standard InChI is InChI=1S/C15H22N2O2/c1-3-8-16-9-11-17(12-10-16)14-6-4-13(5-7-14)15(18)19-2/h4-7H,3,8-12H2,1-2H3. The van der Waals surface area contributed by atoms with Crippen LogP contribution in [0.5, 0.6) is 0 Å². The Labute approximate surface area is 115 Å². The summed E-state index contributed by atoms with van der Waals surface area (Å²) in [7, 11) is 1.41. The minimum absolute atomic E-state index is 0.278. The Morgan fingerprint density at radius 2 is 1.79 bits per heavy atom. The lowest BCUT2D eigenvalue weighted by Gasteiger charge is -2.36. The van der Waals surface area contributed by atoms with Crippen LogP contribution in [0.25, 0.3) is 0 Å². The van der Waals surface area contributed by atoms with Crippen molar-refractivity contribution in [1.82, 2.24) is 4.90 Å². The summed E-state index contributed by atoms with van der Waals surface area (Å²) in [5, 5.41) is 0. The molecule has 1 aromatic carbocycles. The average Bonchev–Trinajstić information content (AvgIpc) is 2.48. The van der Waals surface area contributed by atoms with Gasteiger partial charge in [-0.25, -0.2) is 4.79 Å². The molecule has 19 heavy (non-hydrogen) atoms. The summed E-state index contributed by atoms with van der Waals surface area (Å²) in [6.45, 7) is 7.75. The van der Waals surface area contributed by atoms with Crippen molar-refractivity contribution < 1.29 is 9.53 Å². The number of ether oxygens (including phenoxy) is 1. The van der Waals surface area contributed by atoms with Crippen LogP contribution in [0.4, 0.5) is 5.69 Å². The monoisotopic (exact) mass is 262 g/mol. The van der Waals surface area contributed by atoms with Gasteiger partial charge in [-0.2, -0.15) is 0 Å². The zero-order chi connectivity index (χ0) is 13.7. The number of rotatable bonds is 4. The van der Waals surface area contributed by atoms with E-state index in [-0.39, 0.29) is 5.97 Å². The highest BCUT2D eigenvalue weighted by Crippen LogP contribution is 2.17. The number of anilines is 1. The first-order valence-corrected chi connectivity index (χ1v) is 6.90. The normalized spacial score (nSPS) is 16.4. The maximum atomic E-state index is 11.4. The molecule has 104 valence electrons. The third-order valence-electron chi connectivity index (χ3n) is 3.57. The highest BCUT2D eigenvalue weighted by Gasteiger charge is 2.16. The van der Waals surface area contributed by atoms with Crippen LogP contribution < -0.4 is 4.90 Å². The quantitative estimate of drug-likeness (QED) is 0.777. The van der Waals surface area contributed by atoms with Gasteiger partial charge in [0.1, 0.15) is 0 Å². The Bertz CT molecular complexity index is 409. The minimum atomic E-state index is -0.278. The first-order valence-electron chi connectivity index (χ1n) is 6.90. The zero-order valence-electron chi connectivity index (χ0n) is 11.8. The van der Waals surface area contributed by atoms with Gasteiger partial charge in [0.15, 0.2) is 0 Å². The second-order valence-electron chi connectivity index (χ2n) is 4.87. The SMILES string of the molecule is CCCN1CCN(c2ccc(C(=O)OC)cc2)CC1. The molecular formula is C15H22N2O2. The van der Waals surface area contributed by atoms with E-state index in [1.807, 2.05) is 24.3 Å². The van der Waals surface area contributed by atoms with Crippen LogP contribution in [0, 0.1) is 0 Å². The molecule has 0 saturated carbocycles. The number of nitrogens with zero attached hydrogens (tertiary/aromatic N) is 2. The molecule has 0 spiro atoms. The Morgan fingerprint density at radius 1 is 1.16 bits per heavy atom. The summed E-state index contributed by atoms with van der Waals surface area (Å²) in [4.78, 5) is 16.2. The van der Waals surface area contributed by atoms with Crippen molar-refractivity contribution in [2.24, 2.45) is 0 Å². The average molecular weight is 262 g/mol. The second kappa shape index (κ2) is 6.57. The van der Waals surface area contributed by atoms with Gasteiger partial charge in [0.05, 0.1) is 12.7 Å². The number of hydrogen-bond donors (Lipinski definition) is 0. The Kier molecular flexibility index (Phi) is 4.80. The lowest BCUT2D eigenvalue weighted by Crippen LogP contribution is -2.46. The van der Waals surface area contributed by atoms with Crippen LogP contribution in [0.15, 0.2) is 24.3 Å². The third kappa shape index (κ3) is 3.47. The lowest BCUT2D eigenvalue weighted by molar-refractivity contribution is 0.0601. The molecular weight excluding hydrogens is 240 g/mol. The van der Waals surface area contributed by atoms with Crippen molar-refractivity contribution in [2.75, 3.05) is 44.7 Å². The smallest absolute Gasteiger partial charge is 0.337 e. The number of hydrogen-bond acceptors (Lipinski definition) is 4. The summed E-state index contributed by atoms with van der Waals surface area (Å²) < 4.78 is 4.70. The predicted octanol–water partition coefficient (Wildman–Crippen LogP) is 2.01. The summed E-state index contributed by atoms with van der Waals surface area (Å²) in [5.74, 6) is -0.278. The molecule has 0 aliphatic carbocycles. The number of esters is 1. The molecule has 0 amide bonds. The summed E-state index contributed by atoms with van der Waals surface area (Å²) >= 11 is 0. The largest absolute Gasteiger partial charge is 0.465 e. The fourth-order valence-electron chi connectivity index (χ4n) is 2.47. The number of carbonyl (C=O) groups is 1. The molecule has 1 aliphatic rings. The van der Waals surface area contributed by atoms with Gasteiger partial charge in [-0.3, -0.25) is 4.90 Å². The zero-order valence-corrected chi connectivity index (χ0v) is 11.8. The maximum Gasteiger partial charge on any atom is 0.337 e. The molecule has 0 bridgehead atoms. The van der Waals surface area contributed by atoms with Crippen LogP contribution in [-0.4, -0.2) is 50.7 Å². The first-order chi connectivity index (χ1) is 9.24. The highest BCUT2D eigenvalue weighted by atomic mass is 16.5. The molecule has 0 atom stereocenters. The van der Waals surface area contributed by atoms with E-state index in [1.165, 1.54) is 25.8 Å². The first kappa shape index (κ1) is 13.9. The van der Waals surface area contributed by atoms with Gasteiger partial charge in [-0.1, -0.05) is 6.92 Å². The molecule has 0 unspecified atom stereocenters. The van der Waals surface area contributed by atoms with Gasteiger partial charge >= 0.3 is 5.97 Å². The van der Waals surface area contributed by atoms with Crippen LogP contribution in [0.1, 0.15) is 23.7 Å². The Balaban J connectivity index is 1.94. The number of benzene rings is 1. The third-order valence-corrected chi connectivity index (χ3v) is 3.57. The van der Waals surface area contributed by atoms with E-state index in [0.717, 1.165) is 26.2 Å². The number of piperazine rings is 1. The lowest BCUT2D eigenvalue weighted by atomic mass is 10.2. The summed E-state index contributed by atoms with van der Waals surface area (Å²) in [6, 6.07) is 7.67. The second-order valence-corrected chi connectivity index (χ2v) is 4.87. The molecule has 0 aromatic heterocycles. The van der Waals surface area contributed by atoms with Crippen molar-refractivity contribution in [1.29, 1.82) is 0 Å². The summed E-state index contributed by atoms with van der Waals surface area (Å²) in [5.41, 5.74) is 1.79. The topological polar surface area (TPSA) is 32.8 Å². The van der Waals surface area contributed by atoms with E-state index >= 15 is 0 Å². The molecule has 4 heteroatoms. The van der Waals surface area contributed by atoms with E-state index < -0.39 is 0 Å². The van der Waals surface area contributed by atoms with Gasteiger partial charge in [0.2, 0.25) is 0 Å².